The number of ketones is 1. The number of aliphatic hydroxyl groups excluding tert-OH is 4. The molecule has 0 amide bonds. The predicted octanol–water partition coefficient (Wildman–Crippen LogP) is 0.716. The number of carbonyl (C=O) groups excluding carboxylic acids is 2. The average Bonchev–Trinajstić information content (AvgIpc) is 3.05. The second kappa shape index (κ2) is 17.0. The van der Waals surface area contributed by atoms with Crippen molar-refractivity contribution in [1.82, 2.24) is 4.90 Å². The van der Waals surface area contributed by atoms with Crippen LogP contribution in [0.5, 0.6) is 0 Å². The first-order chi connectivity index (χ1) is 23.4. The van der Waals surface area contributed by atoms with Gasteiger partial charge < -0.3 is 64.0 Å². The maximum atomic E-state index is 14.0. The van der Waals surface area contributed by atoms with E-state index >= 15 is 0 Å². The van der Waals surface area contributed by atoms with Crippen molar-refractivity contribution < 1.29 is 68.6 Å². The molecule has 0 bridgehead atoms. The fourth-order valence-electron chi connectivity index (χ4n) is 8.14. The highest BCUT2D eigenvalue weighted by Gasteiger charge is 2.54. The third kappa shape index (κ3) is 9.49. The highest BCUT2D eigenvalue weighted by atomic mass is 16.7. The molecule has 0 aromatic heterocycles. The second-order valence-electron chi connectivity index (χ2n) is 16.2. The molecular weight excluding hydrogens is 670 g/mol. The quantitative estimate of drug-likeness (QED) is 0.199. The smallest absolute Gasteiger partial charge is 0.311 e. The first-order valence-electron chi connectivity index (χ1n) is 18.2. The molecule has 0 aromatic carbocycles. The first-order valence-corrected chi connectivity index (χ1v) is 18.2. The third-order valence-electron chi connectivity index (χ3n) is 11.5. The van der Waals surface area contributed by atoms with Gasteiger partial charge in [0.1, 0.15) is 35.3 Å². The molecule has 6 N–H and O–H groups in total. The zero-order valence-electron chi connectivity index (χ0n) is 32.4. The number of carbonyl (C=O) groups is 2. The summed E-state index contributed by atoms with van der Waals surface area (Å²) in [5.41, 5.74) is -5.21. The van der Waals surface area contributed by atoms with Gasteiger partial charge in [0.05, 0.1) is 35.9 Å². The predicted molar refractivity (Wildman–Crippen MR) is 183 cm³/mol. The van der Waals surface area contributed by atoms with Crippen LogP contribution in [0.2, 0.25) is 0 Å². The zero-order valence-corrected chi connectivity index (χ0v) is 32.4. The monoisotopic (exact) mass is 735 g/mol. The molecule has 3 aliphatic rings. The van der Waals surface area contributed by atoms with E-state index in [1.165, 1.54) is 34.8 Å². The number of cyclic esters (lactones) is 1. The molecule has 51 heavy (non-hydrogen) atoms. The van der Waals surface area contributed by atoms with E-state index in [2.05, 4.69) is 0 Å². The van der Waals surface area contributed by atoms with Crippen molar-refractivity contribution in [2.45, 2.75) is 172 Å². The summed E-state index contributed by atoms with van der Waals surface area (Å²) in [5, 5.41) is 68.6. The molecule has 3 fully saturated rings. The van der Waals surface area contributed by atoms with E-state index in [4.69, 9.17) is 28.4 Å². The summed E-state index contributed by atoms with van der Waals surface area (Å²) in [7, 11) is 5.01. The van der Waals surface area contributed by atoms with Crippen LogP contribution in [-0.4, -0.2) is 153 Å². The van der Waals surface area contributed by atoms with Crippen molar-refractivity contribution in [3.8, 4) is 0 Å². The number of aliphatic hydroxyl groups is 6. The maximum Gasteiger partial charge on any atom is 0.311 e. The molecule has 18 atom stereocenters. The van der Waals surface area contributed by atoms with E-state index in [9.17, 15) is 40.2 Å². The van der Waals surface area contributed by atoms with Gasteiger partial charge >= 0.3 is 5.97 Å². The van der Waals surface area contributed by atoms with E-state index in [1.54, 1.807) is 27.7 Å². The number of methoxy groups -OCH3 is 1. The number of hydrogen-bond acceptors (Lipinski definition) is 15. The van der Waals surface area contributed by atoms with Crippen molar-refractivity contribution in [2.75, 3.05) is 21.2 Å². The Balaban J connectivity index is 2.20. The maximum absolute atomic E-state index is 14.0. The second-order valence-corrected chi connectivity index (χ2v) is 16.2. The number of Topliss-reactive ketones (excluding diaryl/α,β-unsaturated/α-hetero) is 1. The Labute approximate surface area is 302 Å². The van der Waals surface area contributed by atoms with Gasteiger partial charge in [0.2, 0.25) is 0 Å². The van der Waals surface area contributed by atoms with Crippen LogP contribution in [0.15, 0.2) is 0 Å². The normalized spacial score (nSPS) is 49.7. The molecule has 3 rings (SSSR count). The molecule has 298 valence electrons. The lowest BCUT2D eigenvalue weighted by molar-refractivity contribution is -0.352. The Morgan fingerprint density at radius 2 is 1.47 bits per heavy atom. The van der Waals surface area contributed by atoms with E-state index in [1.807, 2.05) is 25.9 Å². The lowest BCUT2D eigenvalue weighted by Crippen LogP contribution is -2.62. The number of hydrogen-bond donors (Lipinski definition) is 6. The molecule has 0 saturated carbocycles. The molecule has 3 saturated heterocycles. The van der Waals surface area contributed by atoms with E-state index in [0.29, 0.717) is 6.42 Å². The lowest BCUT2D eigenvalue weighted by atomic mass is 9.74. The fraction of sp³-hybridized carbons (Fsp3) is 0.944. The molecule has 0 aromatic rings. The zero-order chi connectivity index (χ0) is 39.0. The van der Waals surface area contributed by atoms with Crippen LogP contribution in [0, 0.1) is 23.7 Å². The number of rotatable bonds is 7. The standard InChI is InChI=1S/C36H65NO14/c1-13-23-36(9,45)28(41)19(4)25(39)17(2)15-34(7,44)30(51-32-26(40)22(37(10)11)14-18(3)47-32)20(5)27(21(6)31(43)48-23)50-33-29(42)35(8,46-12)16-24(38)49-33/h17-24,26-30,32-33,38,40-42,44-45H,13-16H2,1-12H3/t17-,18-,19+,20+,21-,22+,23-,24+,26+,27+,28+,29-,30-,32+,33+,34-,35+,36-/m1/s1. The number of nitrogens with zero attached hydrogens (tertiary/aromatic N) is 1. The van der Waals surface area contributed by atoms with Crippen LogP contribution in [0.1, 0.15) is 88.0 Å². The summed E-state index contributed by atoms with van der Waals surface area (Å²) in [5.74, 6) is -5.46. The number of esters is 1. The van der Waals surface area contributed by atoms with Gasteiger partial charge in [-0.3, -0.25) is 9.59 Å². The van der Waals surface area contributed by atoms with Crippen LogP contribution < -0.4 is 0 Å². The molecule has 0 unspecified atom stereocenters. The summed E-state index contributed by atoms with van der Waals surface area (Å²) >= 11 is 0. The molecule has 3 aliphatic heterocycles. The van der Waals surface area contributed by atoms with Gasteiger partial charge in [0, 0.05) is 37.3 Å². The van der Waals surface area contributed by atoms with Gasteiger partial charge in [-0.05, 0) is 68.0 Å². The molecular formula is C36H65NO14. The van der Waals surface area contributed by atoms with Crippen LogP contribution in [0.3, 0.4) is 0 Å². The minimum Gasteiger partial charge on any atom is -0.459 e. The molecule has 15 nitrogen and oxygen atoms in total. The molecule has 0 spiro atoms. The Hall–Kier alpha value is -1.34. The minimum absolute atomic E-state index is 0.0785. The molecule has 3 heterocycles. The van der Waals surface area contributed by atoms with E-state index in [-0.39, 0.29) is 31.4 Å². The number of ether oxygens (including phenoxy) is 6. The Morgan fingerprint density at radius 1 is 0.863 bits per heavy atom. The fourth-order valence-corrected chi connectivity index (χ4v) is 8.14. The average molecular weight is 736 g/mol. The topological polar surface area (TPSA) is 214 Å². The van der Waals surface area contributed by atoms with Crippen molar-refractivity contribution >= 4 is 11.8 Å². The van der Waals surface area contributed by atoms with Crippen LogP contribution in [0.4, 0.5) is 0 Å². The summed E-state index contributed by atoms with van der Waals surface area (Å²) < 4.78 is 36.1. The van der Waals surface area contributed by atoms with Gasteiger partial charge in [-0.25, -0.2) is 0 Å². The first kappa shape index (κ1) is 44.1. The van der Waals surface area contributed by atoms with Crippen LogP contribution >= 0.6 is 0 Å². The molecule has 0 radical (unpaired) electrons. The van der Waals surface area contributed by atoms with Gasteiger partial charge in [-0.15, -0.1) is 0 Å². The van der Waals surface area contributed by atoms with Gasteiger partial charge in [0.15, 0.2) is 18.9 Å². The van der Waals surface area contributed by atoms with Crippen LogP contribution in [-0.2, 0) is 38.0 Å². The highest BCUT2D eigenvalue weighted by Crippen LogP contribution is 2.40. The van der Waals surface area contributed by atoms with Crippen molar-refractivity contribution in [1.29, 1.82) is 0 Å². The molecule has 15 heteroatoms. The van der Waals surface area contributed by atoms with E-state index < -0.39 is 108 Å². The van der Waals surface area contributed by atoms with E-state index in [0.717, 1.165) is 0 Å². The van der Waals surface area contributed by atoms with Crippen molar-refractivity contribution in [3.05, 3.63) is 0 Å². The van der Waals surface area contributed by atoms with Crippen molar-refractivity contribution in [2.24, 2.45) is 23.7 Å². The highest BCUT2D eigenvalue weighted by molar-refractivity contribution is 5.83. The van der Waals surface area contributed by atoms with Gasteiger partial charge in [-0.1, -0.05) is 27.7 Å². The van der Waals surface area contributed by atoms with Crippen LogP contribution in [0.25, 0.3) is 0 Å². The third-order valence-corrected chi connectivity index (χ3v) is 11.5. The largest absolute Gasteiger partial charge is 0.459 e. The van der Waals surface area contributed by atoms with Crippen molar-refractivity contribution in [3.63, 3.8) is 0 Å². The Morgan fingerprint density at radius 3 is 2.02 bits per heavy atom. The number of likely N-dealkylation sites (N-methyl/N-ethyl adjacent to an activating group) is 1. The minimum atomic E-state index is -2.04. The van der Waals surface area contributed by atoms with Gasteiger partial charge in [-0.2, -0.15) is 0 Å². The summed E-state index contributed by atoms with van der Waals surface area (Å²) in [6.07, 6.45) is -12.3. The summed E-state index contributed by atoms with van der Waals surface area (Å²) in [4.78, 5) is 29.7. The molecule has 0 aliphatic carbocycles. The Bertz CT molecular complexity index is 1170. The lowest BCUT2D eigenvalue weighted by Gasteiger charge is -2.49. The summed E-state index contributed by atoms with van der Waals surface area (Å²) in [6, 6.07) is -0.362. The Kier molecular flexibility index (Phi) is 14.7. The summed E-state index contributed by atoms with van der Waals surface area (Å²) in [6.45, 7) is 14.1. The van der Waals surface area contributed by atoms with Gasteiger partial charge in [0.25, 0.3) is 0 Å². The SMILES string of the molecule is CC[C@H]1OC(=O)[C@H](C)[C@@H](O[C@@H]2O[C@H](O)C[C@](C)(OC)[C@@H]2O)[C@H](C)[C@@H](O[C@@H]2O[C@H](C)C[C@H](N(C)C)[C@@H]2O)[C@](C)(O)C[C@@H](C)C(=O)[C@H](C)[C@H](O)[C@]1(C)O.